The van der Waals surface area contributed by atoms with Crippen molar-refractivity contribution in [3.8, 4) is 5.75 Å². The summed E-state index contributed by atoms with van der Waals surface area (Å²) in [6.07, 6.45) is 3.64. The third-order valence-electron chi connectivity index (χ3n) is 4.06. The molecule has 21 heavy (non-hydrogen) atoms. The molecule has 1 fully saturated rings. The zero-order chi connectivity index (χ0) is 15.1. The summed E-state index contributed by atoms with van der Waals surface area (Å²) in [5.41, 5.74) is -0.106. The molecular formula is C14H15Cl2N3O2. The van der Waals surface area contributed by atoms with E-state index in [9.17, 15) is 9.90 Å². The molecular weight excluding hydrogens is 313 g/mol. The highest BCUT2D eigenvalue weighted by molar-refractivity contribution is 6.39. The van der Waals surface area contributed by atoms with Crippen molar-refractivity contribution in [2.45, 2.75) is 25.4 Å². The van der Waals surface area contributed by atoms with Crippen LogP contribution >= 0.6 is 23.2 Å². The molecule has 1 aliphatic heterocycles. The molecule has 1 N–H and O–H groups in total. The number of likely N-dealkylation sites (N-methyl/N-ethyl adjacent to an activating group) is 1. The summed E-state index contributed by atoms with van der Waals surface area (Å²) in [5.74, 6) is -0.210. The number of phenols is 1. The second kappa shape index (κ2) is 5.48. The van der Waals surface area contributed by atoms with Crippen molar-refractivity contribution >= 4 is 34.1 Å². The topological polar surface area (TPSA) is 58.4 Å². The lowest BCUT2D eigenvalue weighted by atomic mass is 10.2. The lowest BCUT2D eigenvalue weighted by molar-refractivity contribution is 0.279. The van der Waals surface area contributed by atoms with E-state index < -0.39 is 0 Å². The third kappa shape index (κ3) is 2.50. The van der Waals surface area contributed by atoms with Gasteiger partial charge in [0, 0.05) is 12.6 Å². The molecule has 0 bridgehead atoms. The molecule has 0 aliphatic carbocycles. The number of halogens is 2. The Balaban J connectivity index is 2.10. The summed E-state index contributed by atoms with van der Waals surface area (Å²) in [6, 6.07) is 1.69. The molecule has 1 aliphatic rings. The van der Waals surface area contributed by atoms with Crippen LogP contribution in [0.3, 0.4) is 0 Å². The monoisotopic (exact) mass is 327 g/mol. The minimum atomic E-state index is -0.253. The van der Waals surface area contributed by atoms with Gasteiger partial charge in [-0.2, -0.15) is 0 Å². The molecule has 0 amide bonds. The third-order valence-corrected chi connectivity index (χ3v) is 4.65. The van der Waals surface area contributed by atoms with Crippen LogP contribution in [0.5, 0.6) is 5.75 Å². The Morgan fingerprint density at radius 1 is 1.43 bits per heavy atom. The Morgan fingerprint density at radius 2 is 2.19 bits per heavy atom. The van der Waals surface area contributed by atoms with Crippen molar-refractivity contribution < 1.29 is 5.11 Å². The predicted octanol–water partition coefficient (Wildman–Crippen LogP) is 2.50. The van der Waals surface area contributed by atoms with Crippen molar-refractivity contribution in [2.24, 2.45) is 0 Å². The second-order valence-corrected chi connectivity index (χ2v) is 6.21. The average Bonchev–Trinajstić information content (AvgIpc) is 2.84. The molecule has 1 aromatic carbocycles. The first-order chi connectivity index (χ1) is 9.99. The van der Waals surface area contributed by atoms with Gasteiger partial charge in [-0.1, -0.05) is 23.2 Å². The minimum Gasteiger partial charge on any atom is -0.504 e. The van der Waals surface area contributed by atoms with E-state index in [2.05, 4.69) is 16.9 Å². The van der Waals surface area contributed by atoms with Gasteiger partial charge in [0.15, 0.2) is 5.75 Å². The molecule has 7 heteroatoms. The Morgan fingerprint density at radius 3 is 2.86 bits per heavy atom. The number of hydrogen-bond donors (Lipinski definition) is 1. The van der Waals surface area contributed by atoms with Crippen molar-refractivity contribution in [1.82, 2.24) is 14.5 Å². The van der Waals surface area contributed by atoms with Crippen molar-refractivity contribution in [3.05, 3.63) is 32.8 Å². The van der Waals surface area contributed by atoms with Crippen molar-refractivity contribution in [1.29, 1.82) is 0 Å². The van der Waals surface area contributed by atoms with Gasteiger partial charge in [-0.05, 0) is 32.5 Å². The summed E-state index contributed by atoms with van der Waals surface area (Å²) in [6.45, 7) is 1.61. The largest absolute Gasteiger partial charge is 0.504 e. The number of phenolic OH excluding ortho intramolecular Hbond substituents is 1. The van der Waals surface area contributed by atoms with Crippen LogP contribution < -0.4 is 5.56 Å². The van der Waals surface area contributed by atoms with E-state index in [1.165, 1.54) is 12.4 Å². The molecule has 1 saturated heterocycles. The highest BCUT2D eigenvalue weighted by Gasteiger charge is 2.22. The first kappa shape index (κ1) is 14.6. The van der Waals surface area contributed by atoms with Gasteiger partial charge >= 0.3 is 0 Å². The van der Waals surface area contributed by atoms with Crippen LogP contribution in [0.15, 0.2) is 17.2 Å². The van der Waals surface area contributed by atoms with Gasteiger partial charge in [-0.15, -0.1) is 0 Å². The maximum atomic E-state index is 12.6. The Kier molecular flexibility index (Phi) is 3.82. The molecule has 1 unspecified atom stereocenters. The van der Waals surface area contributed by atoms with Crippen LogP contribution in [0.1, 0.15) is 12.8 Å². The van der Waals surface area contributed by atoms with Gasteiger partial charge in [-0.3, -0.25) is 9.36 Å². The van der Waals surface area contributed by atoms with Gasteiger partial charge in [0.05, 0.1) is 21.8 Å². The lowest BCUT2D eigenvalue weighted by Gasteiger charge is -2.20. The Bertz CT molecular complexity index is 760. The smallest absolute Gasteiger partial charge is 0.262 e. The normalized spacial score (nSPS) is 19.5. The number of benzene rings is 1. The molecule has 0 radical (unpaired) electrons. The zero-order valence-electron chi connectivity index (χ0n) is 11.5. The Hall–Kier alpha value is -1.30. The maximum absolute atomic E-state index is 12.6. The number of nitrogens with zero attached hydrogens (tertiary/aromatic N) is 3. The van der Waals surface area contributed by atoms with Gasteiger partial charge in [-0.25, -0.2) is 4.98 Å². The van der Waals surface area contributed by atoms with E-state index in [0.29, 0.717) is 12.6 Å². The fourth-order valence-corrected chi connectivity index (χ4v) is 3.35. The van der Waals surface area contributed by atoms with E-state index >= 15 is 0 Å². The minimum absolute atomic E-state index is 0.0904. The van der Waals surface area contributed by atoms with Crippen LogP contribution in [0.25, 0.3) is 10.9 Å². The average molecular weight is 328 g/mol. The first-order valence-electron chi connectivity index (χ1n) is 6.75. The summed E-state index contributed by atoms with van der Waals surface area (Å²) in [7, 11) is 2.05. The van der Waals surface area contributed by atoms with E-state index in [-0.39, 0.29) is 32.3 Å². The lowest BCUT2D eigenvalue weighted by Crippen LogP contribution is -2.33. The summed E-state index contributed by atoms with van der Waals surface area (Å²) in [4.78, 5) is 19.0. The fraction of sp³-hybridized carbons (Fsp3) is 0.429. The van der Waals surface area contributed by atoms with E-state index in [4.69, 9.17) is 23.2 Å². The fourth-order valence-electron chi connectivity index (χ4n) is 2.82. The molecule has 0 spiro atoms. The van der Waals surface area contributed by atoms with Crippen molar-refractivity contribution in [3.63, 3.8) is 0 Å². The number of likely N-dealkylation sites (tertiary alicyclic amines) is 1. The molecule has 1 aromatic heterocycles. The second-order valence-electron chi connectivity index (χ2n) is 5.39. The van der Waals surface area contributed by atoms with Crippen LogP contribution in [0, 0.1) is 0 Å². The quantitative estimate of drug-likeness (QED) is 0.920. The van der Waals surface area contributed by atoms with E-state index in [1.807, 2.05) is 0 Å². The van der Waals surface area contributed by atoms with Gasteiger partial charge in [0.1, 0.15) is 5.52 Å². The van der Waals surface area contributed by atoms with Crippen LogP contribution in [0.4, 0.5) is 0 Å². The van der Waals surface area contributed by atoms with E-state index in [1.54, 1.807) is 4.57 Å². The summed E-state index contributed by atoms with van der Waals surface area (Å²) in [5, 5.41) is 10.4. The summed E-state index contributed by atoms with van der Waals surface area (Å²) >= 11 is 11.9. The van der Waals surface area contributed by atoms with Crippen LogP contribution in [-0.2, 0) is 6.54 Å². The number of aromatic hydroxyl groups is 1. The summed E-state index contributed by atoms with van der Waals surface area (Å²) < 4.78 is 1.55. The molecule has 2 aromatic rings. The first-order valence-corrected chi connectivity index (χ1v) is 7.51. The predicted molar refractivity (Wildman–Crippen MR) is 83.3 cm³/mol. The number of hydrogen-bond acceptors (Lipinski definition) is 4. The Labute approximate surface area is 131 Å². The highest BCUT2D eigenvalue weighted by Crippen LogP contribution is 2.34. The standard InChI is InChI=1S/C14H15Cl2N3O2/c1-18-4-2-3-8(18)6-19-7-17-12-11(14(19)21)9(15)5-10(16)13(12)20/h5,7-8,20H,2-4,6H2,1H3. The molecule has 5 nitrogen and oxygen atoms in total. The van der Waals surface area contributed by atoms with Crippen LogP contribution in [-0.4, -0.2) is 39.2 Å². The molecule has 0 saturated carbocycles. The molecule has 2 heterocycles. The van der Waals surface area contributed by atoms with Gasteiger partial charge in [0.2, 0.25) is 0 Å². The zero-order valence-corrected chi connectivity index (χ0v) is 13.0. The number of fused-ring (bicyclic) bond motifs is 1. The molecule has 112 valence electrons. The van der Waals surface area contributed by atoms with Crippen molar-refractivity contribution in [2.75, 3.05) is 13.6 Å². The van der Waals surface area contributed by atoms with Gasteiger partial charge < -0.3 is 10.0 Å². The van der Waals surface area contributed by atoms with Crippen LogP contribution in [0.2, 0.25) is 10.0 Å². The van der Waals surface area contributed by atoms with E-state index in [0.717, 1.165) is 19.4 Å². The van der Waals surface area contributed by atoms with Gasteiger partial charge in [0.25, 0.3) is 5.56 Å². The molecule has 3 rings (SSSR count). The molecule has 1 atom stereocenters. The number of aromatic nitrogens is 2. The highest BCUT2D eigenvalue weighted by atomic mass is 35.5. The SMILES string of the molecule is CN1CCCC1Cn1cnc2c(O)c(Cl)cc(Cl)c2c1=O. The number of rotatable bonds is 2. The maximum Gasteiger partial charge on any atom is 0.262 e.